The van der Waals surface area contributed by atoms with Crippen LogP contribution in [-0.4, -0.2) is 48.7 Å². The van der Waals surface area contributed by atoms with Gasteiger partial charge in [-0.1, -0.05) is 0 Å². The van der Waals surface area contributed by atoms with Crippen LogP contribution >= 0.6 is 15.9 Å². The van der Waals surface area contributed by atoms with Crippen LogP contribution in [0, 0.1) is 0 Å². The summed E-state index contributed by atoms with van der Waals surface area (Å²) in [6.45, 7) is 0.424. The second kappa shape index (κ2) is 6.34. The molecule has 1 aliphatic heterocycles. The Labute approximate surface area is 130 Å². The molecule has 1 heterocycles. The van der Waals surface area contributed by atoms with E-state index in [0.29, 0.717) is 35.4 Å². The largest absolute Gasteiger partial charge is 0.497 e. The Morgan fingerprint density at radius 1 is 1.33 bits per heavy atom. The number of rotatable bonds is 4. The zero-order valence-corrected chi connectivity index (χ0v) is 13.3. The molecular formula is C14H16BrNO5. The van der Waals surface area contributed by atoms with Gasteiger partial charge in [-0.25, -0.2) is 4.79 Å². The first-order valence-electron chi connectivity index (χ1n) is 6.45. The molecule has 1 aromatic rings. The molecule has 0 aliphatic carbocycles. The molecule has 0 spiro atoms. The zero-order chi connectivity index (χ0) is 15.6. The summed E-state index contributed by atoms with van der Waals surface area (Å²) in [5, 5.41) is 9.20. The fourth-order valence-electron chi connectivity index (χ4n) is 2.47. The van der Waals surface area contributed by atoms with Gasteiger partial charge >= 0.3 is 5.97 Å². The van der Waals surface area contributed by atoms with E-state index in [4.69, 9.17) is 9.47 Å². The van der Waals surface area contributed by atoms with E-state index < -0.39 is 12.0 Å². The smallest absolute Gasteiger partial charge is 0.326 e. The number of benzene rings is 1. The summed E-state index contributed by atoms with van der Waals surface area (Å²) in [5.41, 5.74) is 0.289. The minimum atomic E-state index is -0.984. The lowest BCUT2D eigenvalue weighted by atomic mass is 10.1. The molecule has 0 aromatic heterocycles. The fraction of sp³-hybridized carbons (Fsp3) is 0.429. The quantitative estimate of drug-likeness (QED) is 0.893. The standard InChI is InChI=1S/C14H16BrNO5/c1-20-8-6-9(12(21-2)10(15)7-8)13(17)16-5-3-4-11(16)14(18)19/h6-7,11H,3-5H2,1-2H3,(H,18,19)/t11-/m1/s1. The molecule has 21 heavy (non-hydrogen) atoms. The molecule has 7 heteroatoms. The molecule has 1 saturated heterocycles. The second-order valence-electron chi connectivity index (χ2n) is 4.68. The van der Waals surface area contributed by atoms with Crippen LogP contribution in [0.2, 0.25) is 0 Å². The lowest BCUT2D eigenvalue weighted by Gasteiger charge is -2.23. The van der Waals surface area contributed by atoms with Gasteiger partial charge < -0.3 is 19.5 Å². The molecule has 1 N–H and O–H groups in total. The number of carboxylic acid groups (broad SMARTS) is 1. The van der Waals surface area contributed by atoms with E-state index in [1.807, 2.05) is 0 Å². The van der Waals surface area contributed by atoms with Crippen molar-refractivity contribution in [2.45, 2.75) is 18.9 Å². The normalized spacial score (nSPS) is 17.7. The number of hydrogen-bond acceptors (Lipinski definition) is 4. The monoisotopic (exact) mass is 357 g/mol. The van der Waals surface area contributed by atoms with Crippen LogP contribution < -0.4 is 9.47 Å². The molecule has 6 nitrogen and oxygen atoms in total. The fourth-order valence-corrected chi connectivity index (χ4v) is 3.08. The van der Waals surface area contributed by atoms with Crippen LogP contribution in [0.3, 0.4) is 0 Å². The van der Waals surface area contributed by atoms with Crippen LogP contribution in [-0.2, 0) is 4.79 Å². The zero-order valence-electron chi connectivity index (χ0n) is 11.8. The first kappa shape index (κ1) is 15.6. The number of carbonyl (C=O) groups excluding carboxylic acids is 1. The summed E-state index contributed by atoms with van der Waals surface area (Å²) in [6.07, 6.45) is 1.14. The Bertz CT molecular complexity index is 575. The highest BCUT2D eigenvalue weighted by molar-refractivity contribution is 9.10. The minimum Gasteiger partial charge on any atom is -0.497 e. The van der Waals surface area contributed by atoms with Crippen molar-refractivity contribution in [3.05, 3.63) is 22.2 Å². The second-order valence-corrected chi connectivity index (χ2v) is 5.54. The number of nitrogens with zero attached hydrogens (tertiary/aromatic N) is 1. The van der Waals surface area contributed by atoms with Crippen LogP contribution in [0.4, 0.5) is 0 Å². The first-order valence-corrected chi connectivity index (χ1v) is 7.24. The molecule has 1 aromatic carbocycles. The summed E-state index contributed by atoms with van der Waals surface area (Å²) in [4.78, 5) is 25.3. The number of aliphatic carboxylic acids is 1. The van der Waals surface area contributed by atoms with Gasteiger partial charge in [0.1, 0.15) is 17.5 Å². The van der Waals surface area contributed by atoms with Crippen LogP contribution in [0.15, 0.2) is 16.6 Å². The van der Waals surface area contributed by atoms with Gasteiger partial charge in [0.15, 0.2) is 0 Å². The third-order valence-corrected chi connectivity index (χ3v) is 4.08. The Balaban J connectivity index is 2.42. The van der Waals surface area contributed by atoms with Crippen molar-refractivity contribution in [1.82, 2.24) is 4.90 Å². The van der Waals surface area contributed by atoms with Gasteiger partial charge in [-0.15, -0.1) is 0 Å². The van der Waals surface area contributed by atoms with Crippen LogP contribution in [0.5, 0.6) is 11.5 Å². The molecule has 0 saturated carbocycles. The predicted molar refractivity (Wildman–Crippen MR) is 78.9 cm³/mol. The van der Waals surface area contributed by atoms with Gasteiger partial charge in [0.05, 0.1) is 24.3 Å². The molecule has 0 unspecified atom stereocenters. The maximum Gasteiger partial charge on any atom is 0.326 e. The number of carboxylic acids is 1. The summed E-state index contributed by atoms with van der Waals surface area (Å²) < 4.78 is 11.0. The van der Waals surface area contributed by atoms with E-state index in [1.165, 1.54) is 19.1 Å². The van der Waals surface area contributed by atoms with E-state index in [9.17, 15) is 14.7 Å². The number of ether oxygens (including phenoxy) is 2. The van der Waals surface area contributed by atoms with Gasteiger partial charge in [0.25, 0.3) is 5.91 Å². The highest BCUT2D eigenvalue weighted by Gasteiger charge is 2.35. The van der Waals surface area contributed by atoms with Crippen molar-refractivity contribution in [2.75, 3.05) is 20.8 Å². The molecule has 1 atom stereocenters. The molecule has 114 valence electrons. The summed E-state index contributed by atoms with van der Waals surface area (Å²) in [7, 11) is 2.96. The van der Waals surface area contributed by atoms with Crippen molar-refractivity contribution in [2.24, 2.45) is 0 Å². The van der Waals surface area contributed by atoms with Gasteiger partial charge in [-0.2, -0.15) is 0 Å². The Morgan fingerprint density at radius 2 is 2.05 bits per heavy atom. The van der Waals surface area contributed by atoms with Crippen molar-refractivity contribution in [3.63, 3.8) is 0 Å². The number of carbonyl (C=O) groups is 2. The number of methoxy groups -OCH3 is 2. The van der Waals surface area contributed by atoms with Gasteiger partial charge in [-0.05, 0) is 40.9 Å². The highest BCUT2D eigenvalue weighted by atomic mass is 79.9. The van der Waals surface area contributed by atoms with Gasteiger partial charge in [0, 0.05) is 6.54 Å². The van der Waals surface area contributed by atoms with E-state index in [0.717, 1.165) is 0 Å². The van der Waals surface area contributed by atoms with Crippen LogP contribution in [0.1, 0.15) is 23.2 Å². The molecule has 1 fully saturated rings. The minimum absolute atomic E-state index is 0.289. The number of hydrogen-bond donors (Lipinski definition) is 1. The average molecular weight is 358 g/mol. The van der Waals surface area contributed by atoms with Crippen molar-refractivity contribution in [3.8, 4) is 11.5 Å². The van der Waals surface area contributed by atoms with Crippen molar-refractivity contribution >= 4 is 27.8 Å². The highest BCUT2D eigenvalue weighted by Crippen LogP contribution is 2.35. The van der Waals surface area contributed by atoms with Crippen molar-refractivity contribution in [1.29, 1.82) is 0 Å². The van der Waals surface area contributed by atoms with E-state index in [2.05, 4.69) is 15.9 Å². The summed E-state index contributed by atoms with van der Waals surface area (Å²) in [6, 6.07) is 2.46. The Kier molecular flexibility index (Phi) is 4.72. The summed E-state index contributed by atoms with van der Waals surface area (Å²) >= 11 is 3.33. The number of amides is 1. The number of halogens is 1. The van der Waals surface area contributed by atoms with E-state index >= 15 is 0 Å². The van der Waals surface area contributed by atoms with Crippen molar-refractivity contribution < 1.29 is 24.2 Å². The molecule has 1 amide bonds. The van der Waals surface area contributed by atoms with Crippen LogP contribution in [0.25, 0.3) is 0 Å². The third-order valence-electron chi connectivity index (χ3n) is 3.49. The average Bonchev–Trinajstić information content (AvgIpc) is 2.95. The molecular weight excluding hydrogens is 342 g/mol. The van der Waals surface area contributed by atoms with Gasteiger partial charge in [0.2, 0.25) is 0 Å². The van der Waals surface area contributed by atoms with E-state index in [-0.39, 0.29) is 11.5 Å². The Hall–Kier alpha value is -1.76. The molecule has 0 bridgehead atoms. The summed E-state index contributed by atoms with van der Waals surface area (Å²) in [5.74, 6) is -0.480. The molecule has 2 rings (SSSR count). The number of likely N-dealkylation sites (tertiary alicyclic amines) is 1. The lowest BCUT2D eigenvalue weighted by molar-refractivity contribution is -0.141. The van der Waals surface area contributed by atoms with E-state index in [1.54, 1.807) is 12.1 Å². The first-order chi connectivity index (χ1) is 9.99. The predicted octanol–water partition coefficient (Wildman–Crippen LogP) is 2.16. The maximum absolute atomic E-state index is 12.7. The molecule has 0 radical (unpaired) electrons. The maximum atomic E-state index is 12.7. The molecule has 1 aliphatic rings. The van der Waals surface area contributed by atoms with Gasteiger partial charge in [-0.3, -0.25) is 4.79 Å². The topological polar surface area (TPSA) is 76.1 Å². The lowest BCUT2D eigenvalue weighted by Crippen LogP contribution is -2.40. The SMILES string of the molecule is COc1cc(Br)c(OC)c(C(=O)N2CCC[C@@H]2C(=O)O)c1. The Morgan fingerprint density at radius 3 is 2.62 bits per heavy atom. The third kappa shape index (κ3) is 2.97.